The predicted octanol–water partition coefficient (Wildman–Crippen LogP) is 3.66. The topological polar surface area (TPSA) is 67.1 Å². The second-order valence-electron chi connectivity index (χ2n) is 6.49. The largest absolute Gasteiger partial charge is 0.356 e. The third kappa shape index (κ3) is 5.79. The number of pyridine rings is 1. The highest BCUT2D eigenvalue weighted by molar-refractivity contribution is 14.0. The molecule has 2 N–H and O–H groups in total. The molecule has 28 heavy (non-hydrogen) atoms. The first-order valence-corrected chi connectivity index (χ1v) is 9.12. The predicted molar refractivity (Wildman–Crippen MR) is 125 cm³/mol. The summed E-state index contributed by atoms with van der Waals surface area (Å²) in [6.45, 7) is 5.65. The van der Waals surface area contributed by atoms with E-state index in [1.165, 1.54) is 5.56 Å². The number of aryl methyl sites for hydroxylation is 1. The molecule has 0 aliphatic heterocycles. The van der Waals surface area contributed by atoms with E-state index in [1.54, 1.807) is 13.2 Å². The van der Waals surface area contributed by atoms with Crippen LogP contribution in [0.2, 0.25) is 0 Å². The van der Waals surface area contributed by atoms with Crippen LogP contribution in [0.4, 0.5) is 0 Å². The lowest BCUT2D eigenvalue weighted by Crippen LogP contribution is -2.38. The second-order valence-corrected chi connectivity index (χ2v) is 6.49. The van der Waals surface area contributed by atoms with Crippen LogP contribution in [0.3, 0.4) is 0 Å². The van der Waals surface area contributed by atoms with Crippen molar-refractivity contribution in [3.05, 3.63) is 78.0 Å². The Morgan fingerprint density at radius 3 is 2.50 bits per heavy atom. The summed E-state index contributed by atoms with van der Waals surface area (Å²) in [7, 11) is 1.78. The van der Waals surface area contributed by atoms with E-state index in [2.05, 4.69) is 62.8 Å². The maximum atomic E-state index is 4.52. The first-order valence-electron chi connectivity index (χ1n) is 9.12. The lowest BCUT2D eigenvalue weighted by atomic mass is 10.0. The summed E-state index contributed by atoms with van der Waals surface area (Å²) in [4.78, 5) is 13.1. The van der Waals surface area contributed by atoms with Crippen molar-refractivity contribution in [2.45, 2.75) is 26.3 Å². The lowest BCUT2D eigenvalue weighted by Gasteiger charge is -2.16. The van der Waals surface area contributed by atoms with Gasteiger partial charge in [0.1, 0.15) is 11.6 Å². The normalized spacial score (nSPS) is 12.2. The minimum absolute atomic E-state index is 0. The summed E-state index contributed by atoms with van der Waals surface area (Å²) >= 11 is 0. The molecule has 1 aromatic carbocycles. The minimum Gasteiger partial charge on any atom is -0.356 e. The summed E-state index contributed by atoms with van der Waals surface area (Å²) in [5, 5.41) is 6.72. The van der Waals surface area contributed by atoms with Gasteiger partial charge in [0.05, 0.1) is 0 Å². The molecule has 0 amide bonds. The van der Waals surface area contributed by atoms with Gasteiger partial charge >= 0.3 is 0 Å². The number of nitrogens with one attached hydrogen (secondary N) is 2. The highest BCUT2D eigenvalue weighted by atomic mass is 127. The third-order valence-electron chi connectivity index (χ3n) is 4.51. The van der Waals surface area contributed by atoms with Gasteiger partial charge in [-0.1, -0.05) is 43.3 Å². The number of hydrogen-bond donors (Lipinski definition) is 2. The van der Waals surface area contributed by atoms with Gasteiger partial charge in [0.15, 0.2) is 5.96 Å². The Kier molecular flexibility index (Phi) is 8.43. The SMILES string of the molecule is CN=C(NCc1ccc(-n2ccnc2C)nc1)NCC(C)c1ccccc1.I. The number of hydrogen-bond acceptors (Lipinski definition) is 3. The zero-order valence-corrected chi connectivity index (χ0v) is 18.8. The molecule has 0 fully saturated rings. The molecule has 0 saturated carbocycles. The standard InChI is InChI=1S/C21H26N6.HI/c1-16(19-7-5-4-6-8-19)13-25-21(22-3)26-15-18-9-10-20(24-14-18)27-12-11-23-17(27)2;/h4-12,14,16H,13,15H2,1-3H3,(H2,22,25,26);1H. The van der Waals surface area contributed by atoms with Gasteiger partial charge in [0.25, 0.3) is 0 Å². The van der Waals surface area contributed by atoms with Crippen LogP contribution in [0.5, 0.6) is 0 Å². The van der Waals surface area contributed by atoms with Crippen molar-refractivity contribution in [3.8, 4) is 5.82 Å². The van der Waals surface area contributed by atoms with Crippen molar-refractivity contribution in [1.82, 2.24) is 25.2 Å². The Balaban J connectivity index is 0.00000280. The first kappa shape index (κ1) is 21.9. The molecule has 0 aliphatic carbocycles. The van der Waals surface area contributed by atoms with Gasteiger partial charge in [-0.25, -0.2) is 9.97 Å². The monoisotopic (exact) mass is 490 g/mol. The van der Waals surface area contributed by atoms with E-state index in [1.807, 2.05) is 36.0 Å². The van der Waals surface area contributed by atoms with Gasteiger partial charge in [0, 0.05) is 38.7 Å². The number of benzene rings is 1. The number of aliphatic imine (C=N–C) groups is 1. The molecule has 3 aromatic rings. The van der Waals surface area contributed by atoms with Crippen molar-refractivity contribution in [2.75, 3.05) is 13.6 Å². The Hall–Kier alpha value is -2.42. The van der Waals surface area contributed by atoms with Crippen molar-refractivity contribution in [1.29, 1.82) is 0 Å². The maximum absolute atomic E-state index is 4.52. The molecule has 0 spiro atoms. The smallest absolute Gasteiger partial charge is 0.191 e. The summed E-state index contributed by atoms with van der Waals surface area (Å²) in [6, 6.07) is 14.5. The van der Waals surface area contributed by atoms with E-state index in [0.717, 1.165) is 29.7 Å². The van der Waals surface area contributed by atoms with Crippen LogP contribution in [-0.2, 0) is 6.54 Å². The molecule has 0 aliphatic rings. The van der Waals surface area contributed by atoms with Gasteiger partial charge in [-0.15, -0.1) is 24.0 Å². The van der Waals surface area contributed by atoms with Crippen LogP contribution < -0.4 is 10.6 Å². The molecule has 0 saturated heterocycles. The third-order valence-corrected chi connectivity index (χ3v) is 4.51. The Morgan fingerprint density at radius 1 is 1.11 bits per heavy atom. The van der Waals surface area contributed by atoms with Crippen LogP contribution in [0.25, 0.3) is 5.82 Å². The van der Waals surface area contributed by atoms with Gasteiger partial charge in [-0.2, -0.15) is 0 Å². The number of rotatable bonds is 6. The van der Waals surface area contributed by atoms with Gasteiger partial charge in [-0.3, -0.25) is 9.56 Å². The van der Waals surface area contributed by atoms with Crippen molar-refractivity contribution >= 4 is 29.9 Å². The van der Waals surface area contributed by atoms with E-state index in [9.17, 15) is 0 Å². The van der Waals surface area contributed by atoms with E-state index < -0.39 is 0 Å². The van der Waals surface area contributed by atoms with Crippen LogP contribution in [-0.4, -0.2) is 34.1 Å². The molecule has 0 bridgehead atoms. The average Bonchev–Trinajstić information content (AvgIpc) is 3.15. The molecular weight excluding hydrogens is 463 g/mol. The van der Waals surface area contributed by atoms with Crippen LogP contribution in [0.1, 0.15) is 29.8 Å². The Labute approximate surface area is 183 Å². The summed E-state index contributed by atoms with van der Waals surface area (Å²) < 4.78 is 1.96. The van der Waals surface area contributed by atoms with Crippen LogP contribution in [0.15, 0.2) is 66.0 Å². The highest BCUT2D eigenvalue weighted by Crippen LogP contribution is 2.13. The lowest BCUT2D eigenvalue weighted by molar-refractivity contribution is 0.698. The fourth-order valence-corrected chi connectivity index (χ4v) is 2.84. The van der Waals surface area contributed by atoms with E-state index in [4.69, 9.17) is 0 Å². The van der Waals surface area contributed by atoms with Crippen molar-refractivity contribution in [2.24, 2.45) is 4.99 Å². The number of nitrogens with zero attached hydrogens (tertiary/aromatic N) is 4. The van der Waals surface area contributed by atoms with E-state index in [0.29, 0.717) is 12.5 Å². The second kappa shape index (κ2) is 10.8. The molecular formula is C21H27IN6. The van der Waals surface area contributed by atoms with E-state index in [-0.39, 0.29) is 24.0 Å². The number of aromatic nitrogens is 3. The van der Waals surface area contributed by atoms with Gasteiger partial charge in [-0.05, 0) is 30.0 Å². The van der Waals surface area contributed by atoms with Crippen molar-refractivity contribution < 1.29 is 0 Å². The molecule has 1 atom stereocenters. The Morgan fingerprint density at radius 2 is 1.89 bits per heavy atom. The quantitative estimate of drug-likeness (QED) is 0.315. The van der Waals surface area contributed by atoms with Crippen molar-refractivity contribution in [3.63, 3.8) is 0 Å². The zero-order valence-electron chi connectivity index (χ0n) is 16.5. The molecule has 7 heteroatoms. The molecule has 3 rings (SSSR count). The van der Waals surface area contributed by atoms with Gasteiger partial charge < -0.3 is 10.6 Å². The summed E-state index contributed by atoms with van der Waals surface area (Å²) in [5.74, 6) is 2.98. The maximum Gasteiger partial charge on any atom is 0.191 e. The van der Waals surface area contributed by atoms with E-state index >= 15 is 0 Å². The van der Waals surface area contributed by atoms with Crippen LogP contribution >= 0.6 is 24.0 Å². The summed E-state index contributed by atoms with van der Waals surface area (Å²) in [5.41, 5.74) is 2.41. The summed E-state index contributed by atoms with van der Waals surface area (Å²) in [6.07, 6.45) is 5.56. The molecule has 2 aromatic heterocycles. The van der Waals surface area contributed by atoms with Gasteiger partial charge in [0.2, 0.25) is 0 Å². The number of guanidine groups is 1. The first-order chi connectivity index (χ1) is 13.2. The molecule has 6 nitrogen and oxygen atoms in total. The van der Waals surface area contributed by atoms with Crippen LogP contribution in [0, 0.1) is 6.92 Å². The fraction of sp³-hybridized carbons (Fsp3) is 0.286. The highest BCUT2D eigenvalue weighted by Gasteiger charge is 2.07. The molecule has 0 radical (unpaired) electrons. The number of halogens is 1. The zero-order chi connectivity index (χ0) is 19.1. The average molecular weight is 490 g/mol. The molecule has 148 valence electrons. The molecule has 1 unspecified atom stereocenters. The minimum atomic E-state index is 0. The Bertz CT molecular complexity index is 873. The fourth-order valence-electron chi connectivity index (χ4n) is 2.84. The molecule has 2 heterocycles. The number of imidazole rings is 1.